The van der Waals surface area contributed by atoms with Gasteiger partial charge in [0.25, 0.3) is 0 Å². The van der Waals surface area contributed by atoms with Gasteiger partial charge in [0.1, 0.15) is 0 Å². The minimum Gasteiger partial charge on any atom is -0.434 e. The first-order valence-corrected chi connectivity index (χ1v) is 3.38. The number of rotatable bonds is 1. The van der Waals surface area contributed by atoms with Crippen molar-refractivity contribution < 1.29 is 4.80 Å². The van der Waals surface area contributed by atoms with Crippen LogP contribution in [0.4, 0.5) is 0 Å². The Hall–Kier alpha value is -0.0831. The molecule has 1 N–H and O–H groups in total. The Morgan fingerprint density at radius 3 is 2.33 bits per heavy atom. The zero-order valence-electron chi connectivity index (χ0n) is 4.23. The summed E-state index contributed by atoms with van der Waals surface area (Å²) in [4.78, 5) is 8.41. The zero-order valence-corrected chi connectivity index (χ0v) is 5.65. The molecule has 1 nitrogen and oxygen atoms in total. The molecule has 0 unspecified atom stereocenters. The van der Waals surface area contributed by atoms with Crippen molar-refractivity contribution in [3.05, 3.63) is 11.3 Å². The van der Waals surface area contributed by atoms with Crippen LogP contribution in [0.2, 0.25) is 0 Å². The van der Waals surface area contributed by atoms with E-state index in [1.54, 1.807) is 0 Å². The van der Waals surface area contributed by atoms with E-state index in [1.165, 1.54) is 0 Å². The number of hydrogen-bond acceptors (Lipinski definition) is 1. The molecule has 0 atom stereocenters. The predicted octanol–water partition coefficient (Wildman–Crippen LogP) is -0.0138. The topological polar surface area (TPSA) is 20.2 Å². The van der Waals surface area contributed by atoms with E-state index in [2.05, 4.69) is 0 Å². The molecule has 0 rings (SSSR count). The molecule has 0 saturated carbocycles. The van der Waals surface area contributed by atoms with E-state index in [0.29, 0.717) is 0 Å². The fraction of sp³-hybridized carbons (Fsp3) is 0.500. The highest BCUT2D eigenvalue weighted by Gasteiger charge is 1.76. The summed E-state index contributed by atoms with van der Waals surface area (Å²) in [6, 6.07) is 0. The van der Waals surface area contributed by atoms with E-state index in [4.69, 9.17) is 4.80 Å². The first kappa shape index (κ1) is 5.92. The van der Waals surface area contributed by atoms with Gasteiger partial charge in [-0.05, 0) is 13.8 Å². The van der Waals surface area contributed by atoms with Crippen LogP contribution in [0.1, 0.15) is 13.8 Å². The van der Waals surface area contributed by atoms with Crippen molar-refractivity contribution >= 4 is 9.76 Å². The summed E-state index contributed by atoms with van der Waals surface area (Å²) in [5, 5.41) is 1.16. The standard InChI is InChI=1S/C4H10OSi/c1-3-4(2)6-5/h3,5H,6H2,1-2H3. The van der Waals surface area contributed by atoms with Gasteiger partial charge in [-0.25, -0.2) is 0 Å². The maximum absolute atomic E-state index is 8.41. The van der Waals surface area contributed by atoms with Crippen molar-refractivity contribution in [2.45, 2.75) is 13.8 Å². The molecule has 0 aromatic rings. The van der Waals surface area contributed by atoms with E-state index < -0.39 is 9.76 Å². The SMILES string of the molecule is CC=C(C)[SiH2]O. The summed E-state index contributed by atoms with van der Waals surface area (Å²) in [6.45, 7) is 3.89. The van der Waals surface area contributed by atoms with Crippen molar-refractivity contribution in [3.8, 4) is 0 Å². The Bertz CT molecular complexity index is 58.6. The highest BCUT2D eigenvalue weighted by molar-refractivity contribution is 6.35. The summed E-state index contributed by atoms with van der Waals surface area (Å²) < 4.78 is 0. The lowest BCUT2D eigenvalue weighted by molar-refractivity contribution is 0.610. The minimum absolute atomic E-state index is 0.801. The highest BCUT2D eigenvalue weighted by atomic mass is 28.2. The quantitative estimate of drug-likeness (QED) is 0.462. The van der Waals surface area contributed by atoms with Crippen LogP contribution in [0, 0.1) is 0 Å². The number of hydrogen-bond donors (Lipinski definition) is 1. The summed E-state index contributed by atoms with van der Waals surface area (Å²) in [7, 11) is -0.801. The molecule has 0 saturated heterocycles. The molecule has 36 valence electrons. The largest absolute Gasteiger partial charge is 0.434 e. The predicted molar refractivity (Wildman–Crippen MR) is 30.2 cm³/mol. The maximum Gasteiger partial charge on any atom is 0.183 e. The van der Waals surface area contributed by atoms with Crippen LogP contribution in [0.25, 0.3) is 0 Å². The van der Waals surface area contributed by atoms with Gasteiger partial charge in [-0.3, -0.25) is 0 Å². The molecule has 0 aromatic heterocycles. The monoisotopic (exact) mass is 102 g/mol. The van der Waals surface area contributed by atoms with Crippen LogP contribution in [0.3, 0.4) is 0 Å². The molecular weight excluding hydrogens is 92.1 g/mol. The lowest BCUT2D eigenvalue weighted by Crippen LogP contribution is -1.86. The Labute approximate surface area is 40.6 Å². The third-order valence-corrected chi connectivity index (χ3v) is 1.65. The summed E-state index contributed by atoms with van der Waals surface area (Å²) in [6.07, 6.45) is 1.95. The maximum atomic E-state index is 8.41. The Morgan fingerprint density at radius 1 is 1.83 bits per heavy atom. The third-order valence-electron chi connectivity index (χ3n) is 0.742. The van der Waals surface area contributed by atoms with Crippen LogP contribution in [0.5, 0.6) is 0 Å². The van der Waals surface area contributed by atoms with Crippen LogP contribution >= 0.6 is 0 Å². The second-order valence-electron chi connectivity index (χ2n) is 1.29. The van der Waals surface area contributed by atoms with Gasteiger partial charge in [0, 0.05) is 0 Å². The molecule has 0 fully saturated rings. The molecule has 2 heteroatoms. The summed E-state index contributed by atoms with van der Waals surface area (Å²) in [5.74, 6) is 0. The van der Waals surface area contributed by atoms with E-state index in [9.17, 15) is 0 Å². The van der Waals surface area contributed by atoms with Crippen LogP contribution in [-0.4, -0.2) is 14.6 Å². The molecule has 0 heterocycles. The van der Waals surface area contributed by atoms with Gasteiger partial charge in [-0.1, -0.05) is 11.3 Å². The van der Waals surface area contributed by atoms with Gasteiger partial charge in [-0.2, -0.15) is 0 Å². The highest BCUT2D eigenvalue weighted by Crippen LogP contribution is 1.81. The Balaban J connectivity index is 3.22. The van der Waals surface area contributed by atoms with Crippen LogP contribution < -0.4 is 0 Å². The zero-order chi connectivity index (χ0) is 4.99. The van der Waals surface area contributed by atoms with Crippen LogP contribution in [-0.2, 0) is 0 Å². The fourth-order valence-corrected chi connectivity index (χ4v) is 0.274. The van der Waals surface area contributed by atoms with Crippen LogP contribution in [0.15, 0.2) is 11.3 Å². The third kappa shape index (κ3) is 2.17. The molecule has 0 radical (unpaired) electrons. The van der Waals surface area contributed by atoms with Gasteiger partial charge in [0.05, 0.1) is 0 Å². The molecule has 0 aliphatic carbocycles. The second-order valence-corrected chi connectivity index (χ2v) is 2.72. The minimum atomic E-state index is -0.801. The summed E-state index contributed by atoms with van der Waals surface area (Å²) in [5.41, 5.74) is 0. The van der Waals surface area contributed by atoms with Gasteiger partial charge in [0.2, 0.25) is 0 Å². The first-order valence-electron chi connectivity index (χ1n) is 2.04. The van der Waals surface area contributed by atoms with E-state index >= 15 is 0 Å². The molecule has 6 heavy (non-hydrogen) atoms. The molecule has 0 aliphatic heterocycles. The van der Waals surface area contributed by atoms with Gasteiger partial charge >= 0.3 is 0 Å². The summed E-state index contributed by atoms with van der Waals surface area (Å²) >= 11 is 0. The van der Waals surface area contributed by atoms with Crippen molar-refractivity contribution in [2.24, 2.45) is 0 Å². The smallest absolute Gasteiger partial charge is 0.183 e. The van der Waals surface area contributed by atoms with Gasteiger partial charge in [-0.15, -0.1) is 0 Å². The average molecular weight is 102 g/mol. The van der Waals surface area contributed by atoms with Crippen molar-refractivity contribution in [1.82, 2.24) is 0 Å². The molecule has 0 aromatic carbocycles. The van der Waals surface area contributed by atoms with E-state index in [1.807, 2.05) is 19.9 Å². The second kappa shape index (κ2) is 3.12. The fourth-order valence-electron chi connectivity index (χ4n) is 0.0913. The van der Waals surface area contributed by atoms with Crippen molar-refractivity contribution in [2.75, 3.05) is 0 Å². The van der Waals surface area contributed by atoms with Crippen molar-refractivity contribution in [3.63, 3.8) is 0 Å². The normalized spacial score (nSPS) is 14.2. The lowest BCUT2D eigenvalue weighted by Gasteiger charge is -1.83. The molecular formula is C4H10OSi. The first-order chi connectivity index (χ1) is 2.81. The molecule has 0 aliphatic rings. The van der Waals surface area contributed by atoms with E-state index in [-0.39, 0.29) is 0 Å². The lowest BCUT2D eigenvalue weighted by atomic mass is 10.6. The average Bonchev–Trinajstić information content (AvgIpc) is 1.65. The molecule has 0 amide bonds. The van der Waals surface area contributed by atoms with Gasteiger partial charge < -0.3 is 4.80 Å². The van der Waals surface area contributed by atoms with E-state index in [0.717, 1.165) is 5.20 Å². The Kier molecular flexibility index (Phi) is 3.08. The number of allylic oxidation sites excluding steroid dienone is 2. The molecule has 0 spiro atoms. The van der Waals surface area contributed by atoms with Gasteiger partial charge in [0.15, 0.2) is 9.76 Å². The van der Waals surface area contributed by atoms with Crippen molar-refractivity contribution in [1.29, 1.82) is 0 Å². The molecule has 0 bridgehead atoms. The Morgan fingerprint density at radius 2 is 2.33 bits per heavy atom.